The zero-order chi connectivity index (χ0) is 16.1. The number of thiophene rings is 1. The zero-order valence-corrected chi connectivity index (χ0v) is 14.5. The summed E-state index contributed by atoms with van der Waals surface area (Å²) < 4.78 is 4.90. The van der Waals surface area contributed by atoms with Crippen LogP contribution in [0.15, 0.2) is 0 Å². The number of nitrogens with one attached hydrogen (secondary N) is 1. The van der Waals surface area contributed by atoms with Crippen molar-refractivity contribution < 1.29 is 9.53 Å². The summed E-state index contributed by atoms with van der Waals surface area (Å²) in [5, 5.41) is 4.68. The van der Waals surface area contributed by atoms with E-state index in [2.05, 4.69) is 15.3 Å². The molecule has 5 nitrogen and oxygen atoms in total. The molecule has 1 N–H and O–H groups in total. The lowest BCUT2D eigenvalue weighted by atomic mass is 10.1. The number of rotatable bonds is 5. The third-order valence-electron chi connectivity index (χ3n) is 4.84. The number of fused-ring (bicyclic) bond motifs is 1. The Morgan fingerprint density at radius 2 is 1.87 bits per heavy atom. The maximum atomic E-state index is 12.0. The zero-order valence-electron chi connectivity index (χ0n) is 13.7. The number of hydrogen-bond acceptors (Lipinski definition) is 6. The number of nitrogens with zero attached hydrogens (tertiary/aromatic N) is 2. The fourth-order valence-corrected chi connectivity index (χ4v) is 4.47. The summed E-state index contributed by atoms with van der Waals surface area (Å²) in [6.45, 7) is 3.86. The highest BCUT2D eigenvalue weighted by atomic mass is 32.1. The van der Waals surface area contributed by atoms with Crippen LogP contribution in [0.25, 0.3) is 10.2 Å². The number of esters is 1. The fourth-order valence-electron chi connectivity index (χ4n) is 3.33. The van der Waals surface area contributed by atoms with E-state index in [0.29, 0.717) is 10.9 Å². The predicted molar refractivity (Wildman–Crippen MR) is 91.1 cm³/mol. The van der Waals surface area contributed by atoms with Crippen LogP contribution in [0.3, 0.4) is 0 Å². The van der Waals surface area contributed by atoms with E-state index in [9.17, 15) is 4.79 Å². The molecule has 0 aliphatic heterocycles. The molecule has 0 amide bonds. The van der Waals surface area contributed by atoms with Crippen molar-refractivity contribution in [2.24, 2.45) is 11.8 Å². The van der Waals surface area contributed by atoms with Crippen molar-refractivity contribution in [3.05, 3.63) is 16.3 Å². The second-order valence-electron chi connectivity index (χ2n) is 6.69. The number of anilines is 1. The maximum Gasteiger partial charge on any atom is 0.348 e. The van der Waals surface area contributed by atoms with Crippen LogP contribution in [0.4, 0.5) is 5.82 Å². The minimum atomic E-state index is -0.296. The molecule has 0 bridgehead atoms. The van der Waals surface area contributed by atoms with Crippen molar-refractivity contribution >= 4 is 33.3 Å². The highest BCUT2D eigenvalue weighted by Gasteiger charge is 2.42. The Balaban J connectivity index is 1.78. The molecule has 2 saturated carbocycles. The van der Waals surface area contributed by atoms with Crippen LogP contribution in [-0.4, -0.2) is 29.1 Å². The van der Waals surface area contributed by atoms with E-state index in [1.54, 1.807) is 0 Å². The number of ether oxygens (including phenoxy) is 1. The first-order valence-electron chi connectivity index (χ1n) is 8.21. The van der Waals surface area contributed by atoms with Gasteiger partial charge in [-0.25, -0.2) is 14.8 Å². The largest absolute Gasteiger partial charge is 0.465 e. The molecule has 2 aromatic rings. The van der Waals surface area contributed by atoms with Gasteiger partial charge in [0, 0.05) is 6.04 Å². The third-order valence-corrected chi connectivity index (χ3v) is 6.00. The van der Waals surface area contributed by atoms with Crippen LogP contribution in [0.2, 0.25) is 0 Å². The quantitative estimate of drug-likeness (QED) is 0.847. The Bertz CT molecular complexity index is 766. The summed E-state index contributed by atoms with van der Waals surface area (Å²) in [5.41, 5.74) is 0.921. The van der Waals surface area contributed by atoms with Gasteiger partial charge >= 0.3 is 5.97 Å². The molecule has 122 valence electrons. The normalized spacial score (nSPS) is 17.7. The number of carbonyl (C=O) groups excluding carboxylic acids is 1. The molecule has 0 unspecified atom stereocenters. The Labute approximate surface area is 139 Å². The Kier molecular flexibility index (Phi) is 3.52. The molecular weight excluding hydrogens is 310 g/mol. The van der Waals surface area contributed by atoms with E-state index in [4.69, 9.17) is 4.74 Å². The molecule has 4 rings (SSSR count). The number of carbonyl (C=O) groups is 1. The minimum absolute atomic E-state index is 0.296. The molecule has 2 fully saturated rings. The summed E-state index contributed by atoms with van der Waals surface area (Å²) in [7, 11) is 1.42. The van der Waals surface area contributed by atoms with Gasteiger partial charge in [-0.1, -0.05) is 0 Å². The number of hydrogen-bond donors (Lipinski definition) is 1. The van der Waals surface area contributed by atoms with Gasteiger partial charge in [-0.2, -0.15) is 0 Å². The van der Waals surface area contributed by atoms with Crippen LogP contribution < -0.4 is 5.32 Å². The summed E-state index contributed by atoms with van der Waals surface area (Å²) >= 11 is 1.39. The van der Waals surface area contributed by atoms with Gasteiger partial charge in [-0.15, -0.1) is 11.3 Å². The number of aryl methyl sites for hydroxylation is 2. The molecule has 0 saturated heterocycles. The van der Waals surface area contributed by atoms with E-state index >= 15 is 0 Å². The Hall–Kier alpha value is -1.69. The third kappa shape index (κ3) is 2.69. The van der Waals surface area contributed by atoms with Gasteiger partial charge in [0.05, 0.1) is 12.5 Å². The molecule has 2 aromatic heterocycles. The van der Waals surface area contributed by atoms with Gasteiger partial charge in [-0.3, -0.25) is 0 Å². The predicted octanol–water partition coefficient (Wildman–Crippen LogP) is 3.70. The summed E-state index contributed by atoms with van der Waals surface area (Å²) in [6.07, 6.45) is 5.27. The van der Waals surface area contributed by atoms with Crippen LogP contribution in [-0.2, 0) is 4.74 Å². The van der Waals surface area contributed by atoms with E-state index in [0.717, 1.165) is 39.3 Å². The monoisotopic (exact) mass is 331 g/mol. The second kappa shape index (κ2) is 5.44. The van der Waals surface area contributed by atoms with Gasteiger partial charge in [0.25, 0.3) is 0 Å². The highest BCUT2D eigenvalue weighted by Crippen LogP contribution is 2.46. The highest BCUT2D eigenvalue weighted by molar-refractivity contribution is 7.20. The first-order chi connectivity index (χ1) is 11.1. The Morgan fingerprint density at radius 3 is 2.43 bits per heavy atom. The summed E-state index contributed by atoms with van der Waals surface area (Å²) in [4.78, 5) is 22.6. The fraction of sp³-hybridized carbons (Fsp3) is 0.588. The molecule has 0 radical (unpaired) electrons. The van der Waals surface area contributed by atoms with Gasteiger partial charge in [-0.05, 0) is 56.9 Å². The molecule has 2 heterocycles. The van der Waals surface area contributed by atoms with Crippen LogP contribution in [0.5, 0.6) is 0 Å². The van der Waals surface area contributed by atoms with E-state index in [-0.39, 0.29) is 5.97 Å². The number of methoxy groups -OCH3 is 1. The minimum Gasteiger partial charge on any atom is -0.465 e. The average molecular weight is 331 g/mol. The van der Waals surface area contributed by atoms with Crippen LogP contribution in [0, 0.1) is 25.7 Å². The van der Waals surface area contributed by atoms with Crippen molar-refractivity contribution in [2.45, 2.75) is 45.6 Å². The van der Waals surface area contributed by atoms with Crippen LogP contribution in [0.1, 0.15) is 46.7 Å². The van der Waals surface area contributed by atoms with E-state index in [1.165, 1.54) is 44.1 Å². The van der Waals surface area contributed by atoms with Crippen molar-refractivity contribution in [3.63, 3.8) is 0 Å². The van der Waals surface area contributed by atoms with E-state index in [1.807, 2.05) is 13.8 Å². The molecule has 6 heteroatoms. The van der Waals surface area contributed by atoms with Crippen molar-refractivity contribution in [1.29, 1.82) is 0 Å². The maximum absolute atomic E-state index is 12.0. The van der Waals surface area contributed by atoms with Crippen molar-refractivity contribution in [2.75, 3.05) is 12.4 Å². The molecular formula is C17H21N3O2S. The van der Waals surface area contributed by atoms with Crippen molar-refractivity contribution in [1.82, 2.24) is 9.97 Å². The summed E-state index contributed by atoms with van der Waals surface area (Å²) in [5.74, 6) is 2.90. The SMILES string of the molecule is COC(=O)c1sc2nc(C)nc(NC(C3CC3)C3CC3)c2c1C. The van der Waals surface area contributed by atoms with Gasteiger partial charge < -0.3 is 10.1 Å². The first kappa shape index (κ1) is 14.9. The Morgan fingerprint density at radius 1 is 1.22 bits per heavy atom. The van der Waals surface area contributed by atoms with Gasteiger partial charge in [0.2, 0.25) is 0 Å². The van der Waals surface area contributed by atoms with Gasteiger partial charge in [0.15, 0.2) is 0 Å². The molecule has 0 aromatic carbocycles. The standard InChI is InChI=1S/C17H21N3O2S/c1-8-12-15(20-13(10-4-5-10)11-6-7-11)18-9(2)19-16(12)23-14(8)17(21)22-3/h10-11,13H,4-7H2,1-3H3,(H,18,19,20). The smallest absolute Gasteiger partial charge is 0.348 e. The molecule has 0 spiro atoms. The molecule has 0 atom stereocenters. The topological polar surface area (TPSA) is 64.1 Å². The van der Waals surface area contributed by atoms with Crippen molar-refractivity contribution in [3.8, 4) is 0 Å². The lowest BCUT2D eigenvalue weighted by Gasteiger charge is -2.19. The molecule has 23 heavy (non-hydrogen) atoms. The summed E-state index contributed by atoms with van der Waals surface area (Å²) in [6, 6.07) is 0.522. The average Bonchev–Trinajstić information content (AvgIpc) is 3.42. The lowest BCUT2D eigenvalue weighted by molar-refractivity contribution is 0.0605. The first-order valence-corrected chi connectivity index (χ1v) is 9.02. The second-order valence-corrected chi connectivity index (χ2v) is 7.69. The molecule has 2 aliphatic rings. The lowest BCUT2D eigenvalue weighted by Crippen LogP contribution is -2.25. The molecule has 2 aliphatic carbocycles. The van der Waals surface area contributed by atoms with E-state index < -0.39 is 0 Å². The van der Waals surface area contributed by atoms with Crippen LogP contribution >= 0.6 is 11.3 Å². The number of aromatic nitrogens is 2. The van der Waals surface area contributed by atoms with Gasteiger partial charge in [0.1, 0.15) is 21.3 Å².